The highest BCUT2D eigenvalue weighted by atomic mass is 32.2. The average Bonchev–Trinajstić information content (AvgIpc) is 3.17. The van der Waals surface area contributed by atoms with E-state index in [2.05, 4.69) is 46.8 Å². The molecular weight excluding hydrogens is 404 g/mol. The summed E-state index contributed by atoms with van der Waals surface area (Å²) in [6.45, 7) is 4.76. The number of methoxy groups -OCH3 is 1. The van der Waals surface area contributed by atoms with Crippen LogP contribution in [0, 0.1) is 13.8 Å². The molecule has 8 heteroatoms. The van der Waals surface area contributed by atoms with Gasteiger partial charge in [0.1, 0.15) is 5.75 Å². The Hall–Kier alpha value is -2.58. The summed E-state index contributed by atoms with van der Waals surface area (Å²) < 4.78 is 5.91. The minimum atomic E-state index is -0.0117. The molecule has 0 spiro atoms. The van der Waals surface area contributed by atoms with E-state index in [0.717, 1.165) is 32.9 Å². The van der Waals surface area contributed by atoms with Crippen molar-refractivity contribution in [2.45, 2.75) is 24.6 Å². The summed E-state index contributed by atoms with van der Waals surface area (Å²) in [5.41, 5.74) is 4.62. The minimum Gasteiger partial charge on any atom is -0.497 e. The molecule has 0 radical (unpaired) electrons. The standard InChI is InChI=1S/C21H24N4O2S2/c1-14-4-7-17(12-15(14)2)23-20-24-25-21(29-20)28-13-19(26)22-11-10-16-5-8-18(27-3)9-6-16/h4-9,12H,10-11,13H2,1-3H3,(H,22,26)(H,23,24). The van der Waals surface area contributed by atoms with E-state index < -0.39 is 0 Å². The van der Waals surface area contributed by atoms with Crippen molar-refractivity contribution < 1.29 is 9.53 Å². The first-order valence-corrected chi connectivity index (χ1v) is 11.0. The number of carbonyl (C=O) groups excluding carboxylic acids is 1. The van der Waals surface area contributed by atoms with Gasteiger partial charge in [-0.1, -0.05) is 41.3 Å². The van der Waals surface area contributed by atoms with E-state index in [9.17, 15) is 4.79 Å². The molecule has 1 aromatic heterocycles. The fraction of sp³-hybridized carbons (Fsp3) is 0.286. The van der Waals surface area contributed by atoms with Crippen LogP contribution in [0.5, 0.6) is 5.75 Å². The highest BCUT2D eigenvalue weighted by Gasteiger charge is 2.09. The number of aryl methyl sites for hydroxylation is 2. The molecule has 1 amide bonds. The van der Waals surface area contributed by atoms with Crippen LogP contribution in [0.3, 0.4) is 0 Å². The second-order valence-corrected chi connectivity index (χ2v) is 8.73. The summed E-state index contributed by atoms with van der Waals surface area (Å²) >= 11 is 2.83. The van der Waals surface area contributed by atoms with Crippen molar-refractivity contribution in [1.29, 1.82) is 0 Å². The fourth-order valence-electron chi connectivity index (χ4n) is 2.58. The average molecular weight is 429 g/mol. The summed E-state index contributed by atoms with van der Waals surface area (Å²) in [4.78, 5) is 12.1. The lowest BCUT2D eigenvalue weighted by molar-refractivity contribution is -0.118. The second-order valence-electron chi connectivity index (χ2n) is 6.53. The molecule has 0 fully saturated rings. The molecule has 0 aliphatic rings. The fourth-order valence-corrected chi connectivity index (χ4v) is 4.18. The highest BCUT2D eigenvalue weighted by molar-refractivity contribution is 8.01. The second kappa shape index (κ2) is 10.3. The Labute approximate surface area is 179 Å². The highest BCUT2D eigenvalue weighted by Crippen LogP contribution is 2.28. The molecule has 0 saturated carbocycles. The summed E-state index contributed by atoms with van der Waals surface area (Å²) in [7, 11) is 1.65. The van der Waals surface area contributed by atoms with Crippen LogP contribution in [0.1, 0.15) is 16.7 Å². The van der Waals surface area contributed by atoms with E-state index in [1.807, 2.05) is 30.3 Å². The van der Waals surface area contributed by atoms with Crippen LogP contribution < -0.4 is 15.4 Å². The SMILES string of the molecule is COc1ccc(CCNC(=O)CSc2nnc(Nc3ccc(C)c(C)c3)s2)cc1. The predicted octanol–water partition coefficient (Wildman–Crippen LogP) is 4.36. The largest absolute Gasteiger partial charge is 0.497 e. The molecule has 29 heavy (non-hydrogen) atoms. The summed E-state index contributed by atoms with van der Waals surface area (Å²) in [6, 6.07) is 14.0. The van der Waals surface area contributed by atoms with Crippen molar-refractivity contribution in [3.05, 3.63) is 59.2 Å². The number of thioether (sulfide) groups is 1. The third-order valence-corrected chi connectivity index (χ3v) is 6.36. The normalized spacial score (nSPS) is 10.6. The zero-order chi connectivity index (χ0) is 20.6. The zero-order valence-corrected chi connectivity index (χ0v) is 18.3. The van der Waals surface area contributed by atoms with Crippen LogP contribution >= 0.6 is 23.1 Å². The number of anilines is 2. The summed E-state index contributed by atoms with van der Waals surface area (Å²) in [5, 5.41) is 15.2. The third-order valence-electron chi connectivity index (χ3n) is 4.39. The number of nitrogens with zero attached hydrogens (tertiary/aromatic N) is 2. The summed E-state index contributed by atoms with van der Waals surface area (Å²) in [5.74, 6) is 1.14. The molecule has 2 aromatic carbocycles. The number of amides is 1. The smallest absolute Gasteiger partial charge is 0.230 e. The molecular formula is C21H24N4O2S2. The molecule has 3 rings (SSSR count). The molecule has 1 heterocycles. The summed E-state index contributed by atoms with van der Waals surface area (Å²) in [6.07, 6.45) is 0.781. The molecule has 6 nitrogen and oxygen atoms in total. The Balaban J connectivity index is 1.40. The number of rotatable bonds is 9. The van der Waals surface area contributed by atoms with Gasteiger partial charge in [-0.3, -0.25) is 4.79 Å². The molecule has 0 aliphatic heterocycles. The van der Waals surface area contributed by atoms with Gasteiger partial charge in [0.15, 0.2) is 4.34 Å². The number of nitrogens with one attached hydrogen (secondary N) is 2. The molecule has 0 atom stereocenters. The third kappa shape index (κ3) is 6.47. The lowest BCUT2D eigenvalue weighted by atomic mass is 10.1. The number of hydrogen-bond donors (Lipinski definition) is 2. The molecule has 152 valence electrons. The van der Waals surface area contributed by atoms with E-state index in [1.54, 1.807) is 7.11 Å². The lowest BCUT2D eigenvalue weighted by Crippen LogP contribution is -2.27. The number of aromatic nitrogens is 2. The van der Waals surface area contributed by atoms with Crippen molar-refractivity contribution in [2.24, 2.45) is 0 Å². The van der Waals surface area contributed by atoms with Gasteiger partial charge < -0.3 is 15.4 Å². The Bertz CT molecular complexity index is 958. The van der Waals surface area contributed by atoms with Gasteiger partial charge >= 0.3 is 0 Å². The Morgan fingerprint density at radius 1 is 1.10 bits per heavy atom. The van der Waals surface area contributed by atoms with E-state index in [-0.39, 0.29) is 5.91 Å². The van der Waals surface area contributed by atoms with Crippen LogP contribution in [-0.2, 0) is 11.2 Å². The first-order chi connectivity index (χ1) is 14.0. The predicted molar refractivity (Wildman–Crippen MR) is 120 cm³/mol. The van der Waals surface area contributed by atoms with Crippen molar-refractivity contribution in [3.63, 3.8) is 0 Å². The van der Waals surface area contributed by atoms with Gasteiger partial charge in [0.25, 0.3) is 0 Å². The Morgan fingerprint density at radius 3 is 2.62 bits per heavy atom. The molecule has 0 saturated heterocycles. The van der Waals surface area contributed by atoms with E-state index in [4.69, 9.17) is 4.74 Å². The van der Waals surface area contributed by atoms with E-state index in [0.29, 0.717) is 12.3 Å². The van der Waals surface area contributed by atoms with Crippen molar-refractivity contribution in [2.75, 3.05) is 24.7 Å². The van der Waals surface area contributed by atoms with E-state index in [1.165, 1.54) is 34.2 Å². The maximum absolute atomic E-state index is 12.1. The van der Waals surface area contributed by atoms with Gasteiger partial charge in [-0.15, -0.1) is 10.2 Å². The zero-order valence-electron chi connectivity index (χ0n) is 16.7. The van der Waals surface area contributed by atoms with Gasteiger partial charge in [0, 0.05) is 12.2 Å². The molecule has 0 unspecified atom stereocenters. The maximum atomic E-state index is 12.1. The van der Waals surface area contributed by atoms with Crippen molar-refractivity contribution in [1.82, 2.24) is 15.5 Å². The first kappa shape index (κ1) is 21.1. The van der Waals surface area contributed by atoms with Gasteiger partial charge in [0.05, 0.1) is 12.9 Å². The quantitative estimate of drug-likeness (QED) is 0.493. The van der Waals surface area contributed by atoms with Crippen molar-refractivity contribution >= 4 is 39.8 Å². The van der Waals surface area contributed by atoms with Crippen LogP contribution in [-0.4, -0.2) is 35.5 Å². The van der Waals surface area contributed by atoms with Crippen LogP contribution in [0.25, 0.3) is 0 Å². The lowest BCUT2D eigenvalue weighted by Gasteiger charge is -2.05. The maximum Gasteiger partial charge on any atom is 0.230 e. The van der Waals surface area contributed by atoms with Gasteiger partial charge in [0.2, 0.25) is 11.0 Å². The first-order valence-electron chi connectivity index (χ1n) is 9.23. The van der Waals surface area contributed by atoms with Crippen molar-refractivity contribution in [3.8, 4) is 5.75 Å². The molecule has 0 aliphatic carbocycles. The number of benzene rings is 2. The monoisotopic (exact) mass is 428 g/mol. The van der Waals surface area contributed by atoms with Gasteiger partial charge in [-0.25, -0.2) is 0 Å². The molecule has 0 bridgehead atoms. The Kier molecular flexibility index (Phi) is 7.48. The topological polar surface area (TPSA) is 76.1 Å². The number of hydrogen-bond acceptors (Lipinski definition) is 7. The van der Waals surface area contributed by atoms with E-state index >= 15 is 0 Å². The number of carbonyl (C=O) groups is 1. The van der Waals surface area contributed by atoms with Gasteiger partial charge in [-0.2, -0.15) is 0 Å². The van der Waals surface area contributed by atoms with Crippen LogP contribution in [0.4, 0.5) is 10.8 Å². The Morgan fingerprint density at radius 2 is 1.90 bits per heavy atom. The number of ether oxygens (including phenoxy) is 1. The molecule has 2 N–H and O–H groups in total. The van der Waals surface area contributed by atoms with Gasteiger partial charge in [-0.05, 0) is 61.2 Å². The van der Waals surface area contributed by atoms with Crippen LogP contribution in [0.2, 0.25) is 0 Å². The molecule has 3 aromatic rings. The minimum absolute atomic E-state index is 0.0117. The van der Waals surface area contributed by atoms with Crippen LogP contribution in [0.15, 0.2) is 46.8 Å².